The van der Waals surface area contributed by atoms with Gasteiger partial charge in [-0.2, -0.15) is 0 Å². The summed E-state index contributed by atoms with van der Waals surface area (Å²) in [6.07, 6.45) is 0. The van der Waals surface area contributed by atoms with Gasteiger partial charge in [0, 0.05) is 0 Å². The molecule has 0 atom stereocenters. The molecule has 0 aliphatic heterocycles. The molecule has 0 bridgehead atoms. The molecule has 0 saturated heterocycles. The highest BCUT2D eigenvalue weighted by Crippen LogP contribution is 2.28. The molecule has 3 rings (SSSR count). The van der Waals surface area contributed by atoms with Crippen molar-refractivity contribution >= 4 is 23.1 Å². The molecular weight excluding hydrogens is 284 g/mol. The predicted octanol–water partition coefficient (Wildman–Crippen LogP) is 3.09. The molecule has 0 N–H and O–H groups in total. The first-order valence-electron chi connectivity index (χ1n) is 5.51. The van der Waals surface area contributed by atoms with Crippen LogP contribution in [0.3, 0.4) is 0 Å². The Kier molecular flexibility index (Phi) is 3.34. The smallest absolute Gasteiger partial charge is 0.251 e. The molecular formula is C11H10N4O2S2. The molecule has 0 aliphatic carbocycles. The third-order valence-electron chi connectivity index (χ3n) is 2.40. The first-order valence-corrected chi connectivity index (χ1v) is 7.37. The summed E-state index contributed by atoms with van der Waals surface area (Å²) in [6, 6.07) is 1.89. The predicted molar refractivity (Wildman–Crippen MR) is 70.9 cm³/mol. The number of hydrogen-bond acceptors (Lipinski definition) is 8. The maximum atomic E-state index is 5.62. The van der Waals surface area contributed by atoms with E-state index in [2.05, 4.69) is 20.4 Å². The average molecular weight is 294 g/mol. The van der Waals surface area contributed by atoms with Gasteiger partial charge >= 0.3 is 0 Å². The monoisotopic (exact) mass is 294 g/mol. The minimum atomic E-state index is 0.488. The summed E-state index contributed by atoms with van der Waals surface area (Å²) in [5.74, 6) is 3.24. The molecule has 0 aliphatic rings. The zero-order valence-corrected chi connectivity index (χ0v) is 11.9. The Labute approximate surface area is 117 Å². The molecule has 98 valence electrons. The number of hydrogen-bond donors (Lipinski definition) is 0. The van der Waals surface area contributed by atoms with E-state index in [1.807, 2.05) is 19.9 Å². The van der Waals surface area contributed by atoms with Crippen LogP contribution in [0, 0.1) is 13.8 Å². The number of furan rings is 1. The van der Waals surface area contributed by atoms with Crippen LogP contribution < -0.4 is 0 Å². The van der Waals surface area contributed by atoms with E-state index < -0.39 is 0 Å². The van der Waals surface area contributed by atoms with Gasteiger partial charge in [0.2, 0.25) is 5.89 Å². The van der Waals surface area contributed by atoms with Gasteiger partial charge in [0.05, 0.1) is 11.3 Å². The molecule has 0 unspecified atom stereocenters. The van der Waals surface area contributed by atoms with Gasteiger partial charge in [-0.05, 0) is 19.9 Å². The SMILES string of the molecule is Cc1cc(-c2nnc(CSc3nncs3)o2)c(C)o1. The van der Waals surface area contributed by atoms with E-state index in [9.17, 15) is 0 Å². The molecule has 3 heterocycles. The van der Waals surface area contributed by atoms with Crippen molar-refractivity contribution < 1.29 is 8.83 Å². The molecule has 0 fully saturated rings. The van der Waals surface area contributed by atoms with Crippen molar-refractivity contribution in [3.63, 3.8) is 0 Å². The van der Waals surface area contributed by atoms with E-state index in [4.69, 9.17) is 8.83 Å². The summed E-state index contributed by atoms with van der Waals surface area (Å²) >= 11 is 3.01. The van der Waals surface area contributed by atoms with Gasteiger partial charge in [0.1, 0.15) is 17.0 Å². The standard InChI is InChI=1S/C11H10N4O2S2/c1-6-3-8(7(2)16-6)10-14-13-9(17-10)4-18-11-15-12-5-19-11/h3,5H,4H2,1-2H3. The number of nitrogens with zero attached hydrogens (tertiary/aromatic N) is 4. The third kappa shape index (κ3) is 2.69. The normalized spacial score (nSPS) is 11.1. The first-order chi connectivity index (χ1) is 9.22. The molecule has 6 nitrogen and oxygen atoms in total. The zero-order chi connectivity index (χ0) is 13.2. The van der Waals surface area contributed by atoms with Gasteiger partial charge in [-0.15, -0.1) is 20.4 Å². The van der Waals surface area contributed by atoms with Gasteiger partial charge < -0.3 is 8.83 Å². The van der Waals surface area contributed by atoms with E-state index >= 15 is 0 Å². The molecule has 0 aromatic carbocycles. The van der Waals surface area contributed by atoms with Crippen molar-refractivity contribution in [2.45, 2.75) is 23.9 Å². The Morgan fingerprint density at radius 3 is 2.79 bits per heavy atom. The molecule has 19 heavy (non-hydrogen) atoms. The van der Waals surface area contributed by atoms with Gasteiger partial charge in [-0.1, -0.05) is 23.1 Å². The Balaban J connectivity index is 1.74. The summed E-state index contributed by atoms with van der Waals surface area (Å²) < 4.78 is 11.9. The summed E-state index contributed by atoms with van der Waals surface area (Å²) in [5, 5.41) is 15.8. The molecule has 0 amide bonds. The number of rotatable bonds is 4. The minimum absolute atomic E-state index is 0.488. The van der Waals surface area contributed by atoms with Gasteiger partial charge in [-0.25, -0.2) is 0 Å². The first kappa shape index (κ1) is 12.4. The van der Waals surface area contributed by atoms with Crippen molar-refractivity contribution in [1.29, 1.82) is 0 Å². The highest BCUT2D eigenvalue weighted by atomic mass is 32.2. The van der Waals surface area contributed by atoms with Crippen LogP contribution in [0.25, 0.3) is 11.5 Å². The lowest BCUT2D eigenvalue weighted by molar-refractivity contribution is 0.499. The van der Waals surface area contributed by atoms with Crippen molar-refractivity contribution in [2.24, 2.45) is 0 Å². The second kappa shape index (κ2) is 5.14. The van der Waals surface area contributed by atoms with E-state index in [0.717, 1.165) is 21.4 Å². The van der Waals surface area contributed by atoms with Gasteiger partial charge in [-0.3, -0.25) is 0 Å². The van der Waals surface area contributed by atoms with Crippen LogP contribution in [-0.2, 0) is 5.75 Å². The Bertz CT molecular complexity index is 675. The Morgan fingerprint density at radius 2 is 2.11 bits per heavy atom. The largest absolute Gasteiger partial charge is 0.466 e. The number of thioether (sulfide) groups is 1. The molecule has 3 aromatic rings. The van der Waals surface area contributed by atoms with Crippen molar-refractivity contribution in [2.75, 3.05) is 0 Å². The van der Waals surface area contributed by atoms with Crippen LogP contribution >= 0.6 is 23.1 Å². The lowest BCUT2D eigenvalue weighted by atomic mass is 10.2. The Morgan fingerprint density at radius 1 is 1.21 bits per heavy atom. The van der Waals surface area contributed by atoms with Crippen molar-refractivity contribution in [1.82, 2.24) is 20.4 Å². The average Bonchev–Trinajstić information content (AvgIpc) is 3.08. The molecule has 0 spiro atoms. The van der Waals surface area contributed by atoms with E-state index in [0.29, 0.717) is 17.5 Å². The van der Waals surface area contributed by atoms with Crippen LogP contribution in [0.4, 0.5) is 0 Å². The van der Waals surface area contributed by atoms with Gasteiger partial charge in [0.25, 0.3) is 5.89 Å². The fourth-order valence-corrected chi connectivity index (χ4v) is 2.94. The number of aryl methyl sites for hydroxylation is 2. The van der Waals surface area contributed by atoms with Crippen molar-refractivity contribution in [3.8, 4) is 11.5 Å². The molecule has 8 heteroatoms. The maximum Gasteiger partial charge on any atom is 0.251 e. The van der Waals surface area contributed by atoms with E-state index in [1.165, 1.54) is 23.1 Å². The van der Waals surface area contributed by atoms with Crippen LogP contribution in [0.15, 0.2) is 24.8 Å². The molecule has 3 aromatic heterocycles. The summed E-state index contributed by atoms with van der Waals surface area (Å²) in [7, 11) is 0. The van der Waals surface area contributed by atoms with E-state index in [-0.39, 0.29) is 0 Å². The topological polar surface area (TPSA) is 77.8 Å². The van der Waals surface area contributed by atoms with Crippen LogP contribution in [0.5, 0.6) is 0 Å². The lowest BCUT2D eigenvalue weighted by Crippen LogP contribution is -1.79. The fourth-order valence-electron chi connectivity index (χ4n) is 1.61. The van der Waals surface area contributed by atoms with E-state index in [1.54, 1.807) is 5.51 Å². The highest BCUT2D eigenvalue weighted by molar-refractivity contribution is 8.00. The second-order valence-corrected chi connectivity index (χ2v) is 5.88. The second-order valence-electron chi connectivity index (χ2n) is 3.82. The van der Waals surface area contributed by atoms with Crippen LogP contribution in [0.1, 0.15) is 17.4 Å². The number of aromatic nitrogens is 4. The Hall–Kier alpha value is -1.67. The van der Waals surface area contributed by atoms with Crippen molar-refractivity contribution in [3.05, 3.63) is 29.0 Å². The third-order valence-corrected chi connectivity index (χ3v) is 4.24. The zero-order valence-electron chi connectivity index (χ0n) is 10.3. The summed E-state index contributed by atoms with van der Waals surface area (Å²) in [5.41, 5.74) is 2.54. The maximum absolute atomic E-state index is 5.62. The molecule has 0 radical (unpaired) electrons. The minimum Gasteiger partial charge on any atom is -0.466 e. The van der Waals surface area contributed by atoms with Crippen LogP contribution in [0.2, 0.25) is 0 Å². The van der Waals surface area contributed by atoms with Gasteiger partial charge in [0.15, 0.2) is 4.34 Å². The molecule has 0 saturated carbocycles. The summed E-state index contributed by atoms with van der Waals surface area (Å²) in [4.78, 5) is 0. The highest BCUT2D eigenvalue weighted by Gasteiger charge is 2.14. The lowest BCUT2D eigenvalue weighted by Gasteiger charge is -1.91. The fraction of sp³-hybridized carbons (Fsp3) is 0.273. The summed E-state index contributed by atoms with van der Waals surface area (Å²) in [6.45, 7) is 3.77. The van der Waals surface area contributed by atoms with Crippen LogP contribution in [-0.4, -0.2) is 20.4 Å². The quantitative estimate of drug-likeness (QED) is 0.684.